The van der Waals surface area contributed by atoms with E-state index in [4.69, 9.17) is 10.8 Å². The van der Waals surface area contributed by atoms with Crippen LogP contribution in [0.5, 0.6) is 0 Å². The molecule has 4 N–H and O–H groups in total. The Balaban J connectivity index is 1.64. The summed E-state index contributed by atoms with van der Waals surface area (Å²) in [5, 5.41) is 11.3. The zero-order chi connectivity index (χ0) is 22.7. The molecule has 1 fully saturated rings. The van der Waals surface area contributed by atoms with E-state index in [0.717, 1.165) is 42.7 Å². The monoisotopic (exact) mass is 434 g/mol. The maximum absolute atomic E-state index is 13.0. The van der Waals surface area contributed by atoms with Crippen molar-refractivity contribution < 1.29 is 9.59 Å². The van der Waals surface area contributed by atoms with E-state index >= 15 is 0 Å². The third-order valence-electron chi connectivity index (χ3n) is 5.93. The first-order valence-electron chi connectivity index (χ1n) is 11.1. The number of hydrogen-bond acceptors (Lipinski definition) is 5. The van der Waals surface area contributed by atoms with E-state index in [1.165, 1.54) is 12.0 Å². The van der Waals surface area contributed by atoms with Crippen LogP contribution in [0.3, 0.4) is 0 Å². The summed E-state index contributed by atoms with van der Waals surface area (Å²) < 4.78 is 0. The van der Waals surface area contributed by atoms with Gasteiger partial charge in [0.05, 0.1) is 11.7 Å². The van der Waals surface area contributed by atoms with Gasteiger partial charge in [-0.25, -0.2) is 9.80 Å². The third-order valence-corrected chi connectivity index (χ3v) is 5.93. The number of nitrogens with one attached hydrogen (secondary N) is 2. The van der Waals surface area contributed by atoms with E-state index in [1.54, 1.807) is 6.07 Å². The number of nitrogens with two attached hydrogens (primary N) is 1. The van der Waals surface area contributed by atoms with Gasteiger partial charge in [-0.3, -0.25) is 15.2 Å². The number of hydrazine groups is 1. The Morgan fingerprint density at radius 2 is 1.84 bits per heavy atom. The van der Waals surface area contributed by atoms with Gasteiger partial charge >= 0.3 is 6.03 Å². The molecule has 32 heavy (non-hydrogen) atoms. The molecule has 8 heteroatoms. The number of urea groups is 1. The van der Waals surface area contributed by atoms with E-state index in [1.807, 2.05) is 47.3 Å². The Kier molecular flexibility index (Phi) is 6.41. The Morgan fingerprint density at radius 3 is 2.56 bits per heavy atom. The molecule has 0 aromatic heterocycles. The molecule has 4 rings (SSSR count). The fourth-order valence-corrected chi connectivity index (χ4v) is 4.37. The molecule has 1 atom stereocenters. The van der Waals surface area contributed by atoms with Crippen LogP contribution in [-0.2, 0) is 4.79 Å². The number of benzene rings is 2. The molecule has 0 aliphatic carbocycles. The number of rotatable bonds is 5. The number of aryl methyl sites for hydroxylation is 2. The summed E-state index contributed by atoms with van der Waals surface area (Å²) >= 11 is 0. The highest BCUT2D eigenvalue weighted by Gasteiger charge is 2.34. The lowest BCUT2D eigenvalue weighted by Gasteiger charge is -2.26. The average molecular weight is 435 g/mol. The standard InChI is InChI=1S/C24H30N6O2/c1-16-9-10-21(17(2)13-16)30-22(18-7-6-8-19(14-18)26-24(25)32)15-20(27-30)23(31)28-29-11-4-3-5-12-29/h6-10,13-14,22H,3-5,11-12,15H2,1-2H3,(H,28,31)(H3,25,26,32). The van der Waals surface area contributed by atoms with Gasteiger partial charge in [-0.05, 0) is 56.0 Å². The first-order chi connectivity index (χ1) is 15.4. The molecule has 168 valence electrons. The number of piperidine rings is 1. The predicted molar refractivity (Wildman–Crippen MR) is 126 cm³/mol. The predicted octanol–water partition coefficient (Wildman–Crippen LogP) is 3.62. The summed E-state index contributed by atoms with van der Waals surface area (Å²) in [5.74, 6) is -0.157. The second kappa shape index (κ2) is 9.40. The minimum absolute atomic E-state index is 0.157. The van der Waals surface area contributed by atoms with Crippen LogP contribution in [0.2, 0.25) is 0 Å². The maximum atomic E-state index is 13.0. The number of hydrazone groups is 1. The molecule has 3 amide bonds. The normalized spacial score (nSPS) is 18.9. The summed E-state index contributed by atoms with van der Waals surface area (Å²) in [4.78, 5) is 24.3. The topological polar surface area (TPSA) is 103 Å². The van der Waals surface area contributed by atoms with Crippen LogP contribution in [0.4, 0.5) is 16.2 Å². The zero-order valence-corrected chi connectivity index (χ0v) is 18.6. The second-order valence-electron chi connectivity index (χ2n) is 8.50. The van der Waals surface area contributed by atoms with Crippen molar-refractivity contribution in [3.05, 3.63) is 59.2 Å². The van der Waals surface area contributed by atoms with Crippen LogP contribution in [0, 0.1) is 13.8 Å². The van der Waals surface area contributed by atoms with Crippen molar-refractivity contribution in [2.24, 2.45) is 10.8 Å². The van der Waals surface area contributed by atoms with Gasteiger partial charge in [-0.2, -0.15) is 5.10 Å². The van der Waals surface area contributed by atoms with Gasteiger partial charge in [0, 0.05) is 25.2 Å². The number of anilines is 2. The highest BCUT2D eigenvalue weighted by Crippen LogP contribution is 2.37. The van der Waals surface area contributed by atoms with Crippen molar-refractivity contribution in [3.63, 3.8) is 0 Å². The van der Waals surface area contributed by atoms with Crippen molar-refractivity contribution in [1.82, 2.24) is 10.4 Å². The Morgan fingerprint density at radius 1 is 1.06 bits per heavy atom. The van der Waals surface area contributed by atoms with Crippen LogP contribution in [0.25, 0.3) is 0 Å². The highest BCUT2D eigenvalue weighted by atomic mass is 16.2. The van der Waals surface area contributed by atoms with Crippen LogP contribution in [0.1, 0.15) is 48.4 Å². The first kappa shape index (κ1) is 21.8. The fraction of sp³-hybridized carbons (Fsp3) is 0.375. The van der Waals surface area contributed by atoms with Crippen molar-refractivity contribution in [1.29, 1.82) is 0 Å². The molecule has 1 saturated heterocycles. The number of carbonyl (C=O) groups is 2. The van der Waals surface area contributed by atoms with Crippen LogP contribution >= 0.6 is 0 Å². The van der Waals surface area contributed by atoms with Gasteiger partial charge in [-0.1, -0.05) is 36.2 Å². The van der Waals surface area contributed by atoms with Crippen molar-refractivity contribution in [2.45, 2.75) is 45.6 Å². The lowest BCUT2D eigenvalue weighted by Crippen LogP contribution is -2.47. The van der Waals surface area contributed by atoms with E-state index in [9.17, 15) is 9.59 Å². The molecule has 1 unspecified atom stereocenters. The van der Waals surface area contributed by atoms with E-state index < -0.39 is 6.03 Å². The summed E-state index contributed by atoms with van der Waals surface area (Å²) in [7, 11) is 0. The number of hydrogen-bond donors (Lipinski definition) is 3. The van der Waals surface area contributed by atoms with Crippen molar-refractivity contribution in [2.75, 3.05) is 23.4 Å². The molecule has 8 nitrogen and oxygen atoms in total. The smallest absolute Gasteiger partial charge is 0.316 e. The molecular weight excluding hydrogens is 404 g/mol. The number of nitrogens with zero attached hydrogens (tertiary/aromatic N) is 3. The molecule has 2 aliphatic heterocycles. The van der Waals surface area contributed by atoms with Gasteiger partial charge in [0.15, 0.2) is 0 Å². The third kappa shape index (κ3) is 4.91. The Labute approximate surface area is 188 Å². The number of primary amides is 1. The molecule has 0 bridgehead atoms. The molecule has 2 aliphatic rings. The minimum atomic E-state index is -0.613. The van der Waals surface area contributed by atoms with Crippen LogP contribution < -0.4 is 21.5 Å². The summed E-state index contributed by atoms with van der Waals surface area (Å²) in [6.45, 7) is 5.83. The lowest BCUT2D eigenvalue weighted by atomic mass is 9.99. The first-order valence-corrected chi connectivity index (χ1v) is 11.1. The molecule has 2 aromatic rings. The zero-order valence-electron chi connectivity index (χ0n) is 18.6. The molecular formula is C24H30N6O2. The van der Waals surface area contributed by atoms with Crippen LogP contribution in [0.15, 0.2) is 47.6 Å². The van der Waals surface area contributed by atoms with Gasteiger partial charge in [0.2, 0.25) is 0 Å². The number of carbonyl (C=O) groups excluding carboxylic acids is 2. The molecule has 2 heterocycles. The summed E-state index contributed by atoms with van der Waals surface area (Å²) in [6.07, 6.45) is 3.84. The summed E-state index contributed by atoms with van der Waals surface area (Å²) in [6, 6.07) is 12.9. The maximum Gasteiger partial charge on any atom is 0.316 e. The van der Waals surface area contributed by atoms with Gasteiger partial charge in [0.25, 0.3) is 5.91 Å². The minimum Gasteiger partial charge on any atom is -0.351 e. The molecule has 2 aromatic carbocycles. The van der Waals surface area contributed by atoms with Gasteiger partial charge in [-0.15, -0.1) is 0 Å². The SMILES string of the molecule is Cc1ccc(N2N=C(C(=O)NN3CCCCC3)CC2c2cccc(NC(N)=O)c2)c(C)c1. The van der Waals surface area contributed by atoms with Gasteiger partial charge < -0.3 is 11.1 Å². The second-order valence-corrected chi connectivity index (χ2v) is 8.50. The Bertz CT molecular complexity index is 1040. The Hall–Kier alpha value is -3.39. The van der Waals surface area contributed by atoms with Gasteiger partial charge in [0.1, 0.15) is 5.71 Å². The van der Waals surface area contributed by atoms with Crippen molar-refractivity contribution in [3.8, 4) is 0 Å². The average Bonchev–Trinajstić information content (AvgIpc) is 3.19. The highest BCUT2D eigenvalue weighted by molar-refractivity contribution is 6.39. The van der Waals surface area contributed by atoms with E-state index in [2.05, 4.69) is 23.7 Å². The molecule has 0 saturated carbocycles. The summed E-state index contributed by atoms with van der Waals surface area (Å²) in [5.41, 5.74) is 13.6. The largest absolute Gasteiger partial charge is 0.351 e. The number of amides is 3. The molecule has 0 radical (unpaired) electrons. The van der Waals surface area contributed by atoms with E-state index in [-0.39, 0.29) is 11.9 Å². The van der Waals surface area contributed by atoms with E-state index in [0.29, 0.717) is 17.8 Å². The van der Waals surface area contributed by atoms with Crippen LogP contribution in [-0.4, -0.2) is 35.7 Å². The molecule has 0 spiro atoms. The lowest BCUT2D eigenvalue weighted by molar-refractivity contribution is -0.119. The van der Waals surface area contributed by atoms with Crippen molar-refractivity contribution >= 4 is 29.0 Å². The fourth-order valence-electron chi connectivity index (χ4n) is 4.37. The quantitative estimate of drug-likeness (QED) is 0.669.